The van der Waals surface area contributed by atoms with Gasteiger partial charge < -0.3 is 15.7 Å². The van der Waals surface area contributed by atoms with E-state index in [2.05, 4.69) is 29.7 Å². The molecule has 1 saturated carbocycles. The molecule has 0 bridgehead atoms. The van der Waals surface area contributed by atoms with E-state index in [9.17, 15) is 4.79 Å². The summed E-state index contributed by atoms with van der Waals surface area (Å²) in [5, 5.41) is 14.7. The molecule has 0 radical (unpaired) electrons. The normalized spacial score (nSPS) is 18.1. The minimum atomic E-state index is -0.949. The molecule has 1 aromatic rings. The number of benzene rings is 1. The molecule has 3 N–H and O–H groups in total. The Morgan fingerprint density at radius 1 is 1.39 bits per heavy atom. The second kappa shape index (κ2) is 5.87. The Labute approximate surface area is 107 Å². The van der Waals surface area contributed by atoms with E-state index in [0.29, 0.717) is 12.5 Å². The Hall–Kier alpha value is -1.55. The van der Waals surface area contributed by atoms with Crippen LogP contribution in [0.3, 0.4) is 0 Å². The first-order valence-electron chi connectivity index (χ1n) is 6.44. The third-order valence-electron chi connectivity index (χ3n) is 3.43. The fourth-order valence-corrected chi connectivity index (χ4v) is 2.22. The molecule has 1 aromatic carbocycles. The molecule has 4 heteroatoms. The van der Waals surface area contributed by atoms with Crippen molar-refractivity contribution in [2.24, 2.45) is 5.92 Å². The highest BCUT2D eigenvalue weighted by Gasteiger charge is 2.32. The smallest absolute Gasteiger partial charge is 0.404 e. The quantitative estimate of drug-likeness (QED) is 0.724. The van der Waals surface area contributed by atoms with Gasteiger partial charge in [0.1, 0.15) is 0 Å². The summed E-state index contributed by atoms with van der Waals surface area (Å²) in [6, 6.07) is 10.7. The van der Waals surface area contributed by atoms with E-state index in [1.165, 1.54) is 18.4 Å². The second-order valence-electron chi connectivity index (χ2n) is 4.93. The summed E-state index contributed by atoms with van der Waals surface area (Å²) in [5.74, 6) is 0.614. The lowest BCUT2D eigenvalue weighted by atomic mass is 10.1. The Bertz CT molecular complexity index is 390. The average Bonchev–Trinajstić information content (AvgIpc) is 3.19. The van der Waals surface area contributed by atoms with Crippen molar-refractivity contribution in [2.45, 2.75) is 31.8 Å². The molecule has 1 aliphatic rings. The molecule has 1 aliphatic carbocycles. The largest absolute Gasteiger partial charge is 0.465 e. The van der Waals surface area contributed by atoms with Crippen molar-refractivity contribution >= 4 is 6.09 Å². The summed E-state index contributed by atoms with van der Waals surface area (Å²) < 4.78 is 0. The van der Waals surface area contributed by atoms with Crippen LogP contribution in [0, 0.1) is 5.92 Å². The van der Waals surface area contributed by atoms with Gasteiger partial charge in [-0.1, -0.05) is 30.3 Å². The zero-order chi connectivity index (χ0) is 13.0. The summed E-state index contributed by atoms with van der Waals surface area (Å²) in [6.07, 6.45) is 1.44. The standard InChI is InChI=1S/C14H20N2O2/c1-10(11-5-3-2-4-6-11)16-13(12-7-8-12)9-15-14(17)18/h2-6,10,12-13,15-16H,7-9H2,1H3,(H,17,18). The van der Waals surface area contributed by atoms with Gasteiger partial charge in [-0.25, -0.2) is 4.79 Å². The second-order valence-corrected chi connectivity index (χ2v) is 4.93. The van der Waals surface area contributed by atoms with Crippen LogP contribution >= 0.6 is 0 Å². The van der Waals surface area contributed by atoms with E-state index < -0.39 is 6.09 Å². The van der Waals surface area contributed by atoms with Crippen molar-refractivity contribution in [1.82, 2.24) is 10.6 Å². The zero-order valence-corrected chi connectivity index (χ0v) is 10.6. The van der Waals surface area contributed by atoms with Gasteiger partial charge in [-0.15, -0.1) is 0 Å². The van der Waals surface area contributed by atoms with Gasteiger partial charge in [0, 0.05) is 18.6 Å². The SMILES string of the molecule is CC(NC(CNC(=O)O)C1CC1)c1ccccc1. The lowest BCUT2D eigenvalue weighted by Crippen LogP contribution is -2.43. The van der Waals surface area contributed by atoms with Gasteiger partial charge >= 0.3 is 6.09 Å². The predicted molar refractivity (Wildman–Crippen MR) is 70.5 cm³/mol. The monoisotopic (exact) mass is 248 g/mol. The van der Waals surface area contributed by atoms with Crippen LogP contribution in [0.4, 0.5) is 4.79 Å². The summed E-state index contributed by atoms with van der Waals surface area (Å²) in [4.78, 5) is 10.6. The van der Waals surface area contributed by atoms with Crippen LogP contribution in [0.25, 0.3) is 0 Å². The Balaban J connectivity index is 1.90. The molecule has 18 heavy (non-hydrogen) atoms. The summed E-state index contributed by atoms with van der Waals surface area (Å²) in [5.41, 5.74) is 1.23. The highest BCUT2D eigenvalue weighted by molar-refractivity contribution is 5.64. The van der Waals surface area contributed by atoms with Crippen molar-refractivity contribution in [2.75, 3.05) is 6.54 Å². The van der Waals surface area contributed by atoms with E-state index in [4.69, 9.17) is 5.11 Å². The molecule has 0 saturated heterocycles. The van der Waals surface area contributed by atoms with Gasteiger partial charge in [-0.05, 0) is 31.2 Å². The lowest BCUT2D eigenvalue weighted by molar-refractivity contribution is 0.192. The fourth-order valence-electron chi connectivity index (χ4n) is 2.22. The van der Waals surface area contributed by atoms with Gasteiger partial charge in [0.05, 0.1) is 0 Å². The molecule has 2 atom stereocenters. The summed E-state index contributed by atoms with van der Waals surface area (Å²) in [7, 11) is 0. The maximum Gasteiger partial charge on any atom is 0.404 e. The van der Waals surface area contributed by atoms with Crippen LogP contribution in [0.15, 0.2) is 30.3 Å². The number of carboxylic acid groups (broad SMARTS) is 1. The molecular weight excluding hydrogens is 228 g/mol. The van der Waals surface area contributed by atoms with Crippen LogP contribution < -0.4 is 10.6 Å². The Kier molecular flexibility index (Phi) is 4.20. The molecule has 0 heterocycles. The molecule has 0 aromatic heterocycles. The first kappa shape index (κ1) is 12.9. The van der Waals surface area contributed by atoms with Crippen LogP contribution in [-0.2, 0) is 0 Å². The van der Waals surface area contributed by atoms with E-state index in [1.54, 1.807) is 0 Å². The summed E-state index contributed by atoms with van der Waals surface area (Å²) >= 11 is 0. The predicted octanol–water partition coefficient (Wildman–Crippen LogP) is 2.38. The van der Waals surface area contributed by atoms with Gasteiger partial charge in [-0.2, -0.15) is 0 Å². The van der Waals surface area contributed by atoms with Crippen LogP contribution in [0.5, 0.6) is 0 Å². The van der Waals surface area contributed by atoms with E-state index in [-0.39, 0.29) is 12.1 Å². The Morgan fingerprint density at radius 3 is 2.61 bits per heavy atom. The van der Waals surface area contributed by atoms with Gasteiger partial charge in [0.25, 0.3) is 0 Å². The zero-order valence-electron chi connectivity index (χ0n) is 10.6. The molecule has 4 nitrogen and oxygen atoms in total. The molecule has 2 rings (SSSR count). The number of carbonyl (C=O) groups is 1. The highest BCUT2D eigenvalue weighted by atomic mass is 16.4. The minimum absolute atomic E-state index is 0.233. The van der Waals surface area contributed by atoms with Crippen LogP contribution in [0.1, 0.15) is 31.4 Å². The Morgan fingerprint density at radius 2 is 2.06 bits per heavy atom. The molecule has 2 unspecified atom stereocenters. The number of nitrogens with one attached hydrogen (secondary N) is 2. The molecule has 1 amide bonds. The van der Waals surface area contributed by atoms with Crippen molar-refractivity contribution in [1.29, 1.82) is 0 Å². The molecule has 0 aliphatic heterocycles. The first-order chi connectivity index (χ1) is 8.66. The molecule has 98 valence electrons. The number of hydrogen-bond acceptors (Lipinski definition) is 2. The minimum Gasteiger partial charge on any atom is -0.465 e. The molecular formula is C14H20N2O2. The maximum absolute atomic E-state index is 10.6. The third-order valence-corrected chi connectivity index (χ3v) is 3.43. The van der Waals surface area contributed by atoms with E-state index >= 15 is 0 Å². The van der Waals surface area contributed by atoms with Crippen molar-refractivity contribution in [3.05, 3.63) is 35.9 Å². The first-order valence-corrected chi connectivity index (χ1v) is 6.44. The van der Waals surface area contributed by atoms with Crippen molar-refractivity contribution in [3.63, 3.8) is 0 Å². The molecule has 0 spiro atoms. The topological polar surface area (TPSA) is 61.4 Å². The maximum atomic E-state index is 10.6. The van der Waals surface area contributed by atoms with E-state index in [1.807, 2.05) is 18.2 Å². The average molecular weight is 248 g/mol. The number of amides is 1. The highest BCUT2D eigenvalue weighted by Crippen LogP contribution is 2.33. The number of rotatable bonds is 6. The van der Waals surface area contributed by atoms with Crippen LogP contribution in [0.2, 0.25) is 0 Å². The fraction of sp³-hybridized carbons (Fsp3) is 0.500. The van der Waals surface area contributed by atoms with Crippen molar-refractivity contribution < 1.29 is 9.90 Å². The van der Waals surface area contributed by atoms with Crippen molar-refractivity contribution in [3.8, 4) is 0 Å². The van der Waals surface area contributed by atoms with Crippen LogP contribution in [-0.4, -0.2) is 23.8 Å². The number of hydrogen-bond donors (Lipinski definition) is 3. The lowest BCUT2D eigenvalue weighted by Gasteiger charge is -2.23. The summed E-state index contributed by atoms with van der Waals surface area (Å²) in [6.45, 7) is 2.60. The van der Waals surface area contributed by atoms with Gasteiger partial charge in [0.15, 0.2) is 0 Å². The van der Waals surface area contributed by atoms with Gasteiger partial charge in [-0.3, -0.25) is 0 Å². The van der Waals surface area contributed by atoms with Gasteiger partial charge in [0.2, 0.25) is 0 Å². The van der Waals surface area contributed by atoms with E-state index in [0.717, 1.165) is 0 Å². The molecule has 1 fully saturated rings. The third kappa shape index (κ3) is 3.74.